The lowest BCUT2D eigenvalue weighted by atomic mass is 9.96. The van der Waals surface area contributed by atoms with Gasteiger partial charge in [-0.15, -0.1) is 0 Å². The number of hydrogen-bond acceptors (Lipinski definition) is 3. The van der Waals surface area contributed by atoms with Gasteiger partial charge in [0.05, 0.1) is 6.42 Å². The zero-order valence-electron chi connectivity index (χ0n) is 12.4. The lowest BCUT2D eigenvalue weighted by Gasteiger charge is -2.09. The maximum Gasteiger partial charge on any atom is 0.312 e. The Kier molecular flexibility index (Phi) is 4.43. The minimum Gasteiger partial charge on any atom is -0.481 e. The minimum atomic E-state index is -0.953. The van der Waals surface area contributed by atoms with Crippen molar-refractivity contribution in [1.29, 1.82) is 0 Å². The van der Waals surface area contributed by atoms with Crippen LogP contribution in [0.4, 0.5) is 0 Å². The fourth-order valence-electron chi connectivity index (χ4n) is 2.47. The summed E-state index contributed by atoms with van der Waals surface area (Å²) < 4.78 is 0. The van der Waals surface area contributed by atoms with Crippen LogP contribution in [0.3, 0.4) is 0 Å². The number of aromatic nitrogens is 2. The predicted molar refractivity (Wildman–Crippen MR) is 87.8 cm³/mol. The number of rotatable bonds is 5. The molecule has 1 heterocycles. The molecule has 0 aliphatic heterocycles. The Morgan fingerprint density at radius 3 is 2.57 bits per heavy atom. The third kappa shape index (κ3) is 3.80. The predicted octanol–water partition coefficient (Wildman–Crippen LogP) is 3.37. The first-order valence-corrected chi connectivity index (χ1v) is 7.24. The molecule has 3 aromatic rings. The van der Waals surface area contributed by atoms with Gasteiger partial charge in [0.25, 0.3) is 0 Å². The Hall–Kier alpha value is -3.01. The van der Waals surface area contributed by atoms with E-state index in [0.29, 0.717) is 12.0 Å². The van der Waals surface area contributed by atoms with E-state index in [-0.39, 0.29) is 0 Å². The van der Waals surface area contributed by atoms with E-state index in [1.807, 2.05) is 42.5 Å². The zero-order chi connectivity index (χ0) is 16.1. The first kappa shape index (κ1) is 14.9. The topological polar surface area (TPSA) is 63.1 Å². The second-order valence-electron chi connectivity index (χ2n) is 5.11. The summed E-state index contributed by atoms with van der Waals surface area (Å²) in [6.07, 6.45) is 5.31. The maximum absolute atomic E-state index is 11.0. The highest BCUT2D eigenvalue weighted by Crippen LogP contribution is 2.26. The number of carboxylic acids is 1. The molecule has 113 valence electrons. The Bertz CT molecular complexity index is 816. The van der Waals surface area contributed by atoms with Crippen LogP contribution in [0, 0.1) is 6.42 Å². The van der Waals surface area contributed by atoms with Crippen molar-refractivity contribution in [2.24, 2.45) is 0 Å². The van der Waals surface area contributed by atoms with Crippen LogP contribution < -0.4 is 0 Å². The Balaban J connectivity index is 1.92. The summed E-state index contributed by atoms with van der Waals surface area (Å²) in [5, 5.41) is 9.02. The van der Waals surface area contributed by atoms with Crippen LogP contribution in [0.15, 0.2) is 67.0 Å². The lowest BCUT2D eigenvalue weighted by molar-refractivity contribution is -0.132. The van der Waals surface area contributed by atoms with Crippen molar-refractivity contribution < 1.29 is 9.90 Å². The number of benzene rings is 2. The Labute approximate surface area is 134 Å². The molecular formula is C19H15N2O2. The molecule has 2 aromatic carbocycles. The molecule has 0 aliphatic rings. The van der Waals surface area contributed by atoms with Crippen LogP contribution >= 0.6 is 0 Å². The van der Waals surface area contributed by atoms with Crippen LogP contribution in [-0.4, -0.2) is 21.0 Å². The van der Waals surface area contributed by atoms with Gasteiger partial charge in [-0.05, 0) is 28.3 Å². The van der Waals surface area contributed by atoms with Crippen molar-refractivity contribution >= 4 is 5.97 Å². The normalized spacial score (nSPS) is 10.4. The van der Waals surface area contributed by atoms with Crippen LogP contribution in [0.1, 0.15) is 17.0 Å². The van der Waals surface area contributed by atoms with Crippen molar-refractivity contribution in [2.45, 2.75) is 6.42 Å². The summed E-state index contributed by atoms with van der Waals surface area (Å²) in [4.78, 5) is 19.5. The fraction of sp³-hybridized carbons (Fsp3) is 0.0526. The van der Waals surface area contributed by atoms with Crippen LogP contribution in [0.5, 0.6) is 0 Å². The summed E-state index contributed by atoms with van der Waals surface area (Å²) in [5.74, 6) is -0.193. The largest absolute Gasteiger partial charge is 0.481 e. The van der Waals surface area contributed by atoms with E-state index in [1.54, 1.807) is 24.5 Å². The molecule has 4 nitrogen and oxygen atoms in total. The third-order valence-corrected chi connectivity index (χ3v) is 3.46. The molecule has 3 rings (SSSR count). The average Bonchev–Trinajstić information content (AvgIpc) is 2.56. The van der Waals surface area contributed by atoms with Gasteiger partial charge in [0.15, 0.2) is 0 Å². The van der Waals surface area contributed by atoms with E-state index in [4.69, 9.17) is 5.11 Å². The molecular weight excluding hydrogens is 288 g/mol. The highest BCUT2D eigenvalue weighted by Gasteiger charge is 2.09. The van der Waals surface area contributed by atoms with Gasteiger partial charge in [-0.2, -0.15) is 0 Å². The molecule has 0 saturated heterocycles. The maximum atomic E-state index is 11.0. The number of carbonyl (C=O) groups is 1. The molecule has 1 N–H and O–H groups in total. The first-order valence-electron chi connectivity index (χ1n) is 7.24. The van der Waals surface area contributed by atoms with E-state index in [1.165, 1.54) is 6.42 Å². The number of nitrogens with zero attached hydrogens (tertiary/aromatic N) is 2. The molecule has 0 atom stereocenters. The molecule has 0 unspecified atom stereocenters. The number of hydrogen-bond donors (Lipinski definition) is 1. The zero-order valence-corrected chi connectivity index (χ0v) is 12.4. The summed E-state index contributed by atoms with van der Waals surface area (Å²) in [5.41, 5.74) is 3.64. The highest BCUT2D eigenvalue weighted by atomic mass is 16.4. The number of carboxylic acid groups (broad SMARTS) is 1. The molecule has 0 fully saturated rings. The second-order valence-corrected chi connectivity index (χ2v) is 5.11. The molecule has 0 bridgehead atoms. The summed E-state index contributed by atoms with van der Waals surface area (Å²) >= 11 is 0. The Morgan fingerprint density at radius 2 is 1.78 bits per heavy atom. The second kappa shape index (κ2) is 6.83. The van der Waals surface area contributed by atoms with Crippen LogP contribution in [0.2, 0.25) is 0 Å². The van der Waals surface area contributed by atoms with E-state index >= 15 is 0 Å². The molecule has 0 spiro atoms. The van der Waals surface area contributed by atoms with Gasteiger partial charge in [0.1, 0.15) is 5.82 Å². The minimum absolute atomic E-state index is 0.638. The lowest BCUT2D eigenvalue weighted by Crippen LogP contribution is -1.99. The van der Waals surface area contributed by atoms with Crippen molar-refractivity contribution in [3.8, 4) is 11.1 Å². The molecule has 1 radical (unpaired) electrons. The molecule has 1 aromatic heterocycles. The van der Waals surface area contributed by atoms with Gasteiger partial charge in [-0.1, -0.05) is 48.5 Å². The molecule has 4 heteroatoms. The average molecular weight is 303 g/mol. The van der Waals surface area contributed by atoms with Gasteiger partial charge in [-0.25, -0.2) is 9.97 Å². The highest BCUT2D eigenvalue weighted by molar-refractivity contribution is 5.85. The van der Waals surface area contributed by atoms with Crippen molar-refractivity contribution in [3.63, 3.8) is 0 Å². The van der Waals surface area contributed by atoms with Crippen molar-refractivity contribution in [2.75, 3.05) is 0 Å². The van der Waals surface area contributed by atoms with E-state index in [9.17, 15) is 4.79 Å². The summed E-state index contributed by atoms with van der Waals surface area (Å²) in [7, 11) is 0. The smallest absolute Gasteiger partial charge is 0.312 e. The molecule has 23 heavy (non-hydrogen) atoms. The summed E-state index contributed by atoms with van der Waals surface area (Å²) in [6.45, 7) is 0. The molecule has 0 amide bonds. The monoisotopic (exact) mass is 303 g/mol. The standard InChI is InChI=1S/C19H15N2O2/c22-19(23)13-16-6-1-2-8-17(16)15-7-3-5-14(11-15)12-18-20-9-4-10-21-18/h1-11,13H,12H2,(H,22,23). The van der Waals surface area contributed by atoms with Gasteiger partial charge >= 0.3 is 5.97 Å². The SMILES string of the molecule is O=C(O)[CH]c1ccccc1-c1cccc(Cc2ncccn2)c1. The fourth-order valence-corrected chi connectivity index (χ4v) is 2.47. The summed E-state index contributed by atoms with van der Waals surface area (Å²) in [6, 6.07) is 17.3. The van der Waals surface area contributed by atoms with Crippen molar-refractivity contribution in [3.05, 3.63) is 90.4 Å². The third-order valence-electron chi connectivity index (χ3n) is 3.46. The van der Waals surface area contributed by atoms with Gasteiger partial charge in [-0.3, -0.25) is 4.79 Å². The van der Waals surface area contributed by atoms with Gasteiger partial charge in [0, 0.05) is 18.8 Å². The van der Waals surface area contributed by atoms with E-state index in [0.717, 1.165) is 22.5 Å². The van der Waals surface area contributed by atoms with E-state index in [2.05, 4.69) is 9.97 Å². The van der Waals surface area contributed by atoms with E-state index < -0.39 is 5.97 Å². The van der Waals surface area contributed by atoms with Crippen LogP contribution in [-0.2, 0) is 11.2 Å². The van der Waals surface area contributed by atoms with Crippen molar-refractivity contribution in [1.82, 2.24) is 9.97 Å². The molecule has 0 saturated carbocycles. The first-order chi connectivity index (χ1) is 11.2. The Morgan fingerprint density at radius 1 is 1.00 bits per heavy atom. The quantitative estimate of drug-likeness (QED) is 0.785. The van der Waals surface area contributed by atoms with Crippen LogP contribution in [0.25, 0.3) is 11.1 Å². The molecule has 0 aliphatic carbocycles. The number of aliphatic carboxylic acids is 1. The van der Waals surface area contributed by atoms with Gasteiger partial charge < -0.3 is 5.11 Å². The van der Waals surface area contributed by atoms with Gasteiger partial charge in [0.2, 0.25) is 0 Å².